The first-order valence-electron chi connectivity index (χ1n) is 4.91. The predicted molar refractivity (Wildman–Crippen MR) is 61.4 cm³/mol. The highest BCUT2D eigenvalue weighted by Gasteiger charge is 2.31. The van der Waals surface area contributed by atoms with E-state index in [1.165, 1.54) is 14.2 Å². The number of carbonyl (C=O) groups excluding carboxylic acids is 1. The van der Waals surface area contributed by atoms with Gasteiger partial charge in [0.25, 0.3) is 0 Å². The lowest BCUT2D eigenvalue weighted by Crippen LogP contribution is -2.04. The number of benzene rings is 1. The zero-order valence-electron chi connectivity index (χ0n) is 9.38. The summed E-state index contributed by atoms with van der Waals surface area (Å²) in [6.45, 7) is 0. The highest BCUT2D eigenvalue weighted by Crippen LogP contribution is 2.48. The van der Waals surface area contributed by atoms with E-state index in [0.29, 0.717) is 6.42 Å². The summed E-state index contributed by atoms with van der Waals surface area (Å²) < 4.78 is 20.9. The molecule has 0 heterocycles. The van der Waals surface area contributed by atoms with Crippen molar-refractivity contribution in [2.45, 2.75) is 12.8 Å². The number of hydrogen-bond donors (Lipinski definition) is 0. The summed E-state index contributed by atoms with van der Waals surface area (Å²) in [6.07, 6.45) is 0.694. The molecule has 5 heteroatoms. The number of aryl methyl sites for hydroxylation is 1. The third-order valence-electron chi connectivity index (χ3n) is 2.26. The van der Waals surface area contributed by atoms with Gasteiger partial charge in [-0.25, -0.2) is 0 Å². The first-order valence-corrected chi connectivity index (χ1v) is 6.45. The van der Waals surface area contributed by atoms with Crippen molar-refractivity contribution in [2.24, 2.45) is 0 Å². The number of rotatable bonds is 6. The second kappa shape index (κ2) is 5.94. The molecule has 0 aromatic heterocycles. The van der Waals surface area contributed by atoms with Gasteiger partial charge in [-0.15, -0.1) is 0 Å². The Hall–Kier alpha value is -0.960. The van der Waals surface area contributed by atoms with E-state index in [-0.39, 0.29) is 6.42 Å². The molecule has 0 unspecified atom stereocenters. The predicted octanol–water partition coefficient (Wildman–Crippen LogP) is 2.63. The molecule has 0 amide bonds. The van der Waals surface area contributed by atoms with E-state index in [9.17, 15) is 9.36 Å². The molecule has 0 spiro atoms. The summed E-state index contributed by atoms with van der Waals surface area (Å²) in [5.74, 6) is 0. The maximum atomic E-state index is 11.7. The molecular formula is C11H15O4P. The van der Waals surface area contributed by atoms with E-state index < -0.39 is 13.1 Å². The van der Waals surface area contributed by atoms with Gasteiger partial charge in [0.05, 0.1) is 0 Å². The maximum Gasteiger partial charge on any atom is 0.396 e. The third kappa shape index (κ3) is 3.27. The summed E-state index contributed by atoms with van der Waals surface area (Å²) in [6, 6.07) is 9.52. The molecule has 0 fully saturated rings. The quantitative estimate of drug-likeness (QED) is 0.719. The van der Waals surface area contributed by atoms with Gasteiger partial charge < -0.3 is 9.05 Å². The summed E-state index contributed by atoms with van der Waals surface area (Å²) in [5, 5.41) is 0. The van der Waals surface area contributed by atoms with Gasteiger partial charge in [0.1, 0.15) is 0 Å². The van der Waals surface area contributed by atoms with E-state index in [1.807, 2.05) is 30.3 Å². The Balaban J connectivity index is 2.57. The highest BCUT2D eigenvalue weighted by molar-refractivity contribution is 7.71. The van der Waals surface area contributed by atoms with Crippen LogP contribution in [0.15, 0.2) is 30.3 Å². The number of carbonyl (C=O) groups is 1. The van der Waals surface area contributed by atoms with Crippen LogP contribution >= 0.6 is 7.60 Å². The van der Waals surface area contributed by atoms with Crippen LogP contribution in [0.5, 0.6) is 0 Å². The summed E-state index contributed by atoms with van der Waals surface area (Å²) in [4.78, 5) is 11.6. The Labute approximate surface area is 95.1 Å². The van der Waals surface area contributed by atoms with Crippen LogP contribution in [0.25, 0.3) is 0 Å². The second-order valence-corrected chi connectivity index (χ2v) is 5.47. The van der Waals surface area contributed by atoms with Gasteiger partial charge in [-0.05, 0) is 12.0 Å². The van der Waals surface area contributed by atoms with Crippen LogP contribution in [-0.4, -0.2) is 19.7 Å². The molecular weight excluding hydrogens is 227 g/mol. The first-order chi connectivity index (χ1) is 7.62. The zero-order valence-corrected chi connectivity index (χ0v) is 10.3. The minimum Gasteiger partial charge on any atom is -0.307 e. The van der Waals surface area contributed by atoms with E-state index in [1.54, 1.807) is 0 Å². The molecule has 0 aliphatic heterocycles. The van der Waals surface area contributed by atoms with Crippen LogP contribution in [0.1, 0.15) is 12.0 Å². The Morgan fingerprint density at radius 1 is 1.19 bits per heavy atom. The first kappa shape index (κ1) is 13.1. The monoisotopic (exact) mass is 242 g/mol. The molecule has 0 N–H and O–H groups in total. The lowest BCUT2D eigenvalue weighted by atomic mass is 10.1. The van der Waals surface area contributed by atoms with Gasteiger partial charge >= 0.3 is 7.60 Å². The molecule has 0 aliphatic rings. The van der Waals surface area contributed by atoms with E-state index >= 15 is 0 Å². The minimum absolute atomic E-state index is 0.156. The van der Waals surface area contributed by atoms with Gasteiger partial charge in [-0.1, -0.05) is 30.3 Å². The molecule has 0 bridgehead atoms. The normalized spacial score (nSPS) is 11.4. The van der Waals surface area contributed by atoms with Crippen molar-refractivity contribution in [3.63, 3.8) is 0 Å². The molecule has 1 rings (SSSR count). The summed E-state index contributed by atoms with van der Waals surface area (Å²) in [7, 11) is -1.12. The second-order valence-electron chi connectivity index (χ2n) is 3.24. The van der Waals surface area contributed by atoms with Crippen molar-refractivity contribution >= 4 is 13.1 Å². The van der Waals surface area contributed by atoms with Crippen molar-refractivity contribution < 1.29 is 18.4 Å². The zero-order chi connectivity index (χ0) is 12.0. The van der Waals surface area contributed by atoms with Gasteiger partial charge in [0, 0.05) is 20.6 Å². The SMILES string of the molecule is COP(=O)(OC)C(=O)CCc1ccccc1. The van der Waals surface area contributed by atoms with E-state index in [4.69, 9.17) is 0 Å². The van der Waals surface area contributed by atoms with Crippen LogP contribution in [0, 0.1) is 0 Å². The van der Waals surface area contributed by atoms with E-state index in [0.717, 1.165) is 5.56 Å². The summed E-state index contributed by atoms with van der Waals surface area (Å²) in [5.41, 5.74) is 0.538. The van der Waals surface area contributed by atoms with Crippen LogP contribution in [0.3, 0.4) is 0 Å². The number of hydrogen-bond acceptors (Lipinski definition) is 4. The van der Waals surface area contributed by atoms with Gasteiger partial charge in [-0.3, -0.25) is 9.36 Å². The van der Waals surface area contributed by atoms with Crippen molar-refractivity contribution in [1.82, 2.24) is 0 Å². The van der Waals surface area contributed by atoms with Crippen LogP contribution in [0.4, 0.5) is 0 Å². The fraction of sp³-hybridized carbons (Fsp3) is 0.364. The molecule has 0 radical (unpaired) electrons. The smallest absolute Gasteiger partial charge is 0.307 e. The lowest BCUT2D eigenvalue weighted by Gasteiger charge is -2.11. The average Bonchev–Trinajstić information content (AvgIpc) is 2.36. The van der Waals surface area contributed by atoms with Crippen molar-refractivity contribution in [3.05, 3.63) is 35.9 Å². The fourth-order valence-corrected chi connectivity index (χ4v) is 2.25. The van der Waals surface area contributed by atoms with Crippen molar-refractivity contribution in [2.75, 3.05) is 14.2 Å². The maximum absolute atomic E-state index is 11.7. The Bertz CT molecular complexity index is 380. The van der Waals surface area contributed by atoms with Crippen molar-refractivity contribution in [1.29, 1.82) is 0 Å². The van der Waals surface area contributed by atoms with E-state index in [2.05, 4.69) is 9.05 Å². The van der Waals surface area contributed by atoms with Gasteiger partial charge in [-0.2, -0.15) is 0 Å². The summed E-state index contributed by atoms with van der Waals surface area (Å²) >= 11 is 0. The lowest BCUT2D eigenvalue weighted by molar-refractivity contribution is -0.113. The topological polar surface area (TPSA) is 52.6 Å². The molecule has 88 valence electrons. The average molecular weight is 242 g/mol. The highest BCUT2D eigenvalue weighted by atomic mass is 31.2. The Morgan fingerprint density at radius 3 is 2.25 bits per heavy atom. The molecule has 0 aliphatic carbocycles. The Kier molecular flexibility index (Phi) is 4.87. The largest absolute Gasteiger partial charge is 0.396 e. The van der Waals surface area contributed by atoms with Crippen LogP contribution < -0.4 is 0 Å². The van der Waals surface area contributed by atoms with Crippen LogP contribution in [-0.2, 0) is 24.8 Å². The Morgan fingerprint density at radius 2 is 1.75 bits per heavy atom. The standard InChI is InChI=1S/C11H15O4P/c1-14-16(13,15-2)11(12)9-8-10-6-4-3-5-7-10/h3-7H,8-9H2,1-2H3. The van der Waals surface area contributed by atoms with Gasteiger partial charge in [0.2, 0.25) is 5.52 Å². The minimum atomic E-state index is -3.55. The fourth-order valence-electron chi connectivity index (χ4n) is 1.31. The molecule has 0 saturated carbocycles. The molecule has 4 nitrogen and oxygen atoms in total. The molecule has 0 atom stereocenters. The van der Waals surface area contributed by atoms with Crippen molar-refractivity contribution in [3.8, 4) is 0 Å². The molecule has 1 aromatic carbocycles. The van der Waals surface area contributed by atoms with Gasteiger partial charge in [0.15, 0.2) is 0 Å². The van der Waals surface area contributed by atoms with Crippen LogP contribution in [0.2, 0.25) is 0 Å². The molecule has 16 heavy (non-hydrogen) atoms. The molecule has 1 aromatic rings. The molecule has 0 saturated heterocycles. The third-order valence-corrected chi connectivity index (χ3v) is 4.05.